The third kappa shape index (κ3) is 5.84. The van der Waals surface area contributed by atoms with E-state index in [1.165, 1.54) is 6.26 Å². The zero-order chi connectivity index (χ0) is 24.3. The SMILES string of the molecule is CS(=O)c1c(C(=O)NC(C)(C)C)nn(-c2ccc(C#CCN)cc2Cl)c1-c1ccc(Cl)cc1. The summed E-state index contributed by atoms with van der Waals surface area (Å²) in [4.78, 5) is 13.4. The molecule has 2 aromatic carbocycles. The Labute approximate surface area is 205 Å². The first-order valence-corrected chi connectivity index (χ1v) is 12.4. The van der Waals surface area contributed by atoms with Crippen molar-refractivity contribution in [3.8, 4) is 28.8 Å². The standard InChI is InChI=1S/C24H24Cl2N4O2S/c1-24(2,3)28-23(31)20-22(33(4)32)21(16-8-10-17(25)11-9-16)30(29-20)19-12-7-15(6-5-13-27)14-18(19)26/h7-12,14H,13,27H2,1-4H3,(H,28,31). The topological polar surface area (TPSA) is 90.0 Å². The number of carbonyl (C=O) groups is 1. The summed E-state index contributed by atoms with van der Waals surface area (Å²) in [5.74, 6) is 5.30. The molecule has 1 amide bonds. The van der Waals surface area contributed by atoms with Gasteiger partial charge in [-0.2, -0.15) is 5.10 Å². The summed E-state index contributed by atoms with van der Waals surface area (Å²) in [5, 5.41) is 8.39. The van der Waals surface area contributed by atoms with E-state index in [0.717, 1.165) is 0 Å². The Morgan fingerprint density at radius 3 is 2.39 bits per heavy atom. The van der Waals surface area contributed by atoms with Gasteiger partial charge in [-0.3, -0.25) is 9.00 Å². The molecule has 0 fully saturated rings. The van der Waals surface area contributed by atoms with E-state index < -0.39 is 22.2 Å². The number of hydrogen-bond donors (Lipinski definition) is 2. The Morgan fingerprint density at radius 1 is 1.18 bits per heavy atom. The molecule has 33 heavy (non-hydrogen) atoms. The number of amides is 1. The summed E-state index contributed by atoms with van der Waals surface area (Å²) in [5.41, 5.74) is 7.41. The van der Waals surface area contributed by atoms with Crippen molar-refractivity contribution in [1.29, 1.82) is 0 Å². The molecule has 0 radical (unpaired) electrons. The number of nitrogens with zero attached hydrogens (tertiary/aromatic N) is 2. The van der Waals surface area contributed by atoms with Crippen molar-refractivity contribution in [3.63, 3.8) is 0 Å². The fraction of sp³-hybridized carbons (Fsp3) is 0.250. The van der Waals surface area contributed by atoms with Crippen molar-refractivity contribution in [2.24, 2.45) is 5.73 Å². The van der Waals surface area contributed by atoms with Gasteiger partial charge in [0.05, 0.1) is 38.6 Å². The largest absolute Gasteiger partial charge is 0.346 e. The Kier molecular flexibility index (Phi) is 7.65. The predicted molar refractivity (Wildman–Crippen MR) is 135 cm³/mol. The first kappa shape index (κ1) is 25.0. The van der Waals surface area contributed by atoms with E-state index in [4.69, 9.17) is 28.9 Å². The molecule has 0 saturated heterocycles. The van der Waals surface area contributed by atoms with Crippen LogP contribution in [-0.4, -0.2) is 38.2 Å². The van der Waals surface area contributed by atoms with Crippen molar-refractivity contribution >= 4 is 39.9 Å². The summed E-state index contributed by atoms with van der Waals surface area (Å²) < 4.78 is 14.4. The molecular formula is C24H24Cl2N4O2S. The molecule has 3 N–H and O–H groups in total. The highest BCUT2D eigenvalue weighted by Gasteiger charge is 2.29. The average Bonchev–Trinajstić information content (AvgIpc) is 3.12. The molecule has 0 bridgehead atoms. The van der Waals surface area contributed by atoms with Gasteiger partial charge in [0.1, 0.15) is 0 Å². The van der Waals surface area contributed by atoms with Gasteiger partial charge in [-0.05, 0) is 51.1 Å². The molecule has 1 heterocycles. The molecular weight excluding hydrogens is 479 g/mol. The number of benzene rings is 2. The van der Waals surface area contributed by atoms with Gasteiger partial charge in [-0.25, -0.2) is 4.68 Å². The maximum absolute atomic E-state index is 13.1. The molecule has 0 aliphatic rings. The summed E-state index contributed by atoms with van der Waals surface area (Å²) in [6, 6.07) is 12.2. The second-order valence-corrected chi connectivity index (χ2v) is 10.4. The molecule has 3 rings (SSSR count). The number of halogens is 2. The second kappa shape index (κ2) is 10.1. The molecule has 0 aliphatic heterocycles. The van der Waals surface area contributed by atoms with Crippen LogP contribution >= 0.6 is 23.2 Å². The van der Waals surface area contributed by atoms with Gasteiger partial charge >= 0.3 is 0 Å². The summed E-state index contributed by atoms with van der Waals surface area (Å²) in [6.45, 7) is 5.82. The van der Waals surface area contributed by atoms with Crippen molar-refractivity contribution in [2.45, 2.75) is 31.2 Å². The molecule has 172 valence electrons. The lowest BCUT2D eigenvalue weighted by molar-refractivity contribution is 0.0911. The number of hydrogen-bond acceptors (Lipinski definition) is 4. The zero-order valence-electron chi connectivity index (χ0n) is 18.7. The maximum Gasteiger partial charge on any atom is 0.273 e. The highest BCUT2D eigenvalue weighted by Crippen LogP contribution is 2.34. The minimum Gasteiger partial charge on any atom is -0.346 e. The van der Waals surface area contributed by atoms with Gasteiger partial charge in [0.25, 0.3) is 5.91 Å². The number of nitrogens with one attached hydrogen (secondary N) is 1. The fourth-order valence-electron chi connectivity index (χ4n) is 3.17. The summed E-state index contributed by atoms with van der Waals surface area (Å²) >= 11 is 12.7. The van der Waals surface area contributed by atoms with E-state index in [-0.39, 0.29) is 12.2 Å². The van der Waals surface area contributed by atoms with Crippen molar-refractivity contribution < 1.29 is 9.00 Å². The summed E-state index contributed by atoms with van der Waals surface area (Å²) in [6.07, 6.45) is 1.52. The first-order valence-electron chi connectivity index (χ1n) is 10.1. The summed E-state index contributed by atoms with van der Waals surface area (Å²) in [7, 11) is -1.53. The average molecular weight is 503 g/mol. The molecule has 9 heteroatoms. The van der Waals surface area contributed by atoms with Crippen LogP contribution in [0.25, 0.3) is 16.9 Å². The smallest absolute Gasteiger partial charge is 0.273 e. The minimum atomic E-state index is -1.53. The van der Waals surface area contributed by atoms with Crippen molar-refractivity contribution in [1.82, 2.24) is 15.1 Å². The van der Waals surface area contributed by atoms with E-state index in [1.54, 1.807) is 47.1 Å². The maximum atomic E-state index is 13.1. The third-order valence-corrected chi connectivity index (χ3v) is 5.98. The van der Waals surface area contributed by atoms with Crippen LogP contribution in [-0.2, 0) is 10.8 Å². The second-order valence-electron chi connectivity index (χ2n) is 8.28. The number of carbonyl (C=O) groups excluding carboxylic acids is 1. The lowest BCUT2D eigenvalue weighted by Crippen LogP contribution is -2.41. The molecule has 0 saturated carbocycles. The van der Waals surface area contributed by atoms with Crippen LogP contribution in [0.4, 0.5) is 0 Å². The molecule has 0 spiro atoms. The first-order chi connectivity index (χ1) is 15.5. The number of rotatable bonds is 4. The third-order valence-electron chi connectivity index (χ3n) is 4.46. The van der Waals surface area contributed by atoms with E-state index in [9.17, 15) is 9.00 Å². The molecule has 6 nitrogen and oxygen atoms in total. The highest BCUT2D eigenvalue weighted by molar-refractivity contribution is 7.84. The van der Waals surface area contributed by atoms with Crippen molar-refractivity contribution in [3.05, 3.63) is 63.8 Å². The van der Waals surface area contributed by atoms with Gasteiger partial charge in [-0.1, -0.05) is 47.2 Å². The highest BCUT2D eigenvalue weighted by atomic mass is 35.5. The Bertz CT molecular complexity index is 1280. The quantitative estimate of drug-likeness (QED) is 0.516. The van der Waals surface area contributed by atoms with Crippen LogP contribution < -0.4 is 11.1 Å². The van der Waals surface area contributed by atoms with Crippen LogP contribution in [0.15, 0.2) is 47.4 Å². The Balaban J connectivity index is 2.31. The zero-order valence-corrected chi connectivity index (χ0v) is 21.0. The van der Waals surface area contributed by atoms with Crippen LogP contribution in [0.3, 0.4) is 0 Å². The lowest BCUT2D eigenvalue weighted by atomic mass is 10.1. The van der Waals surface area contributed by atoms with Gasteiger partial charge in [0.2, 0.25) is 0 Å². The van der Waals surface area contributed by atoms with Crippen LogP contribution in [0.2, 0.25) is 10.0 Å². The van der Waals surface area contributed by atoms with Crippen LogP contribution in [0.5, 0.6) is 0 Å². The van der Waals surface area contributed by atoms with Crippen LogP contribution in [0, 0.1) is 11.8 Å². The Hall–Kier alpha value is -2.63. The molecule has 1 atom stereocenters. The lowest BCUT2D eigenvalue weighted by Gasteiger charge is -2.19. The van der Waals surface area contributed by atoms with Gasteiger partial charge < -0.3 is 11.1 Å². The van der Waals surface area contributed by atoms with Crippen LogP contribution in [0.1, 0.15) is 36.8 Å². The van der Waals surface area contributed by atoms with E-state index in [2.05, 4.69) is 22.3 Å². The van der Waals surface area contributed by atoms with E-state index in [1.807, 2.05) is 20.8 Å². The number of nitrogens with two attached hydrogens (primary N) is 1. The minimum absolute atomic E-state index is 0.0683. The van der Waals surface area contributed by atoms with E-state index >= 15 is 0 Å². The monoisotopic (exact) mass is 502 g/mol. The molecule has 3 aromatic rings. The van der Waals surface area contributed by atoms with E-state index in [0.29, 0.717) is 37.4 Å². The predicted octanol–water partition coefficient (Wildman–Crippen LogP) is 4.42. The normalized spacial score (nSPS) is 12.1. The molecule has 1 unspecified atom stereocenters. The molecule has 1 aromatic heterocycles. The van der Waals surface area contributed by atoms with Crippen molar-refractivity contribution in [2.75, 3.05) is 12.8 Å². The fourth-order valence-corrected chi connectivity index (χ4v) is 4.44. The van der Waals surface area contributed by atoms with Gasteiger partial charge in [0.15, 0.2) is 5.69 Å². The van der Waals surface area contributed by atoms with Gasteiger partial charge in [-0.15, -0.1) is 0 Å². The number of aromatic nitrogens is 2. The van der Waals surface area contributed by atoms with Gasteiger partial charge in [0, 0.05) is 27.9 Å². The molecule has 0 aliphatic carbocycles. The Morgan fingerprint density at radius 2 is 1.85 bits per heavy atom.